The van der Waals surface area contributed by atoms with Crippen molar-refractivity contribution >= 4 is 27.3 Å². The Hall–Kier alpha value is -2.34. The van der Waals surface area contributed by atoms with E-state index in [1.807, 2.05) is 4.72 Å². The van der Waals surface area contributed by atoms with Gasteiger partial charge in [-0.1, -0.05) is 11.6 Å². The van der Waals surface area contributed by atoms with Gasteiger partial charge in [0, 0.05) is 23.2 Å². The molecule has 0 fully saturated rings. The molecule has 2 aromatic rings. The van der Waals surface area contributed by atoms with Crippen LogP contribution in [0, 0.1) is 0 Å². The highest BCUT2D eigenvalue weighted by atomic mass is 35.5. The van der Waals surface area contributed by atoms with Crippen molar-refractivity contribution in [2.45, 2.75) is 17.2 Å². The van der Waals surface area contributed by atoms with Crippen molar-refractivity contribution in [1.82, 2.24) is 0 Å². The van der Waals surface area contributed by atoms with E-state index in [9.17, 15) is 34.8 Å². The van der Waals surface area contributed by atoms with Gasteiger partial charge in [0.1, 0.15) is 11.5 Å². The van der Waals surface area contributed by atoms with Crippen LogP contribution in [0.1, 0.15) is 0 Å². The smallest absolute Gasteiger partial charge is 0.422 e. The van der Waals surface area contributed by atoms with E-state index in [1.54, 1.807) is 0 Å². The topological polar surface area (TPSA) is 64.6 Å². The third-order valence-corrected chi connectivity index (χ3v) is 4.71. The van der Waals surface area contributed by atoms with Crippen molar-refractivity contribution in [3.8, 4) is 11.5 Å². The van der Waals surface area contributed by atoms with Crippen LogP contribution >= 0.6 is 11.6 Å². The third kappa shape index (κ3) is 7.89. The number of ether oxygens (including phenoxy) is 2. The fraction of sp³-hybridized carbons (Fsp3) is 0.250. The Bertz CT molecular complexity index is 909. The summed E-state index contributed by atoms with van der Waals surface area (Å²) >= 11 is 5.67. The molecule has 0 aliphatic heterocycles. The lowest BCUT2D eigenvalue weighted by Gasteiger charge is -2.15. The molecule has 29 heavy (non-hydrogen) atoms. The second-order valence-corrected chi connectivity index (χ2v) is 7.68. The maximum absolute atomic E-state index is 12.4. The highest BCUT2D eigenvalue weighted by Gasteiger charge is 2.30. The minimum absolute atomic E-state index is 0.235. The molecule has 0 aromatic heterocycles. The van der Waals surface area contributed by atoms with Crippen molar-refractivity contribution < 1.29 is 44.2 Å². The zero-order chi connectivity index (χ0) is 21.9. The van der Waals surface area contributed by atoms with E-state index in [2.05, 4.69) is 9.47 Å². The van der Waals surface area contributed by atoms with Crippen LogP contribution < -0.4 is 14.2 Å². The van der Waals surface area contributed by atoms with Crippen LogP contribution in [0.25, 0.3) is 0 Å². The predicted octanol–water partition coefficient (Wildman–Crippen LogP) is 5.02. The number of benzene rings is 2. The summed E-state index contributed by atoms with van der Waals surface area (Å²) in [6.45, 7) is -3.47. The van der Waals surface area contributed by atoms with Gasteiger partial charge >= 0.3 is 12.4 Å². The lowest BCUT2D eigenvalue weighted by molar-refractivity contribution is -0.153. The molecule has 2 rings (SSSR count). The normalized spacial score (nSPS) is 12.5. The van der Waals surface area contributed by atoms with E-state index < -0.39 is 47.1 Å². The van der Waals surface area contributed by atoms with Crippen LogP contribution in [0.15, 0.2) is 47.4 Å². The van der Waals surface area contributed by atoms with E-state index in [4.69, 9.17) is 11.6 Å². The van der Waals surface area contributed by atoms with E-state index in [-0.39, 0.29) is 15.6 Å². The molecule has 0 amide bonds. The number of sulfonamides is 1. The molecule has 0 aliphatic carbocycles. The molecular formula is C16H12ClF6NO4S. The molecule has 13 heteroatoms. The maximum Gasteiger partial charge on any atom is 0.422 e. The second-order valence-electron chi connectivity index (χ2n) is 5.56. The number of halogens is 7. The van der Waals surface area contributed by atoms with Gasteiger partial charge in [0.05, 0.1) is 10.6 Å². The minimum Gasteiger partial charge on any atom is -0.484 e. The van der Waals surface area contributed by atoms with Gasteiger partial charge in [0.2, 0.25) is 0 Å². The predicted molar refractivity (Wildman–Crippen MR) is 91.8 cm³/mol. The van der Waals surface area contributed by atoms with Gasteiger partial charge < -0.3 is 9.47 Å². The SMILES string of the molecule is O=S(=O)(Nc1cc(OCC(F)(F)F)cc(OCC(F)(F)F)c1)c1ccc(Cl)cc1. The number of nitrogens with one attached hydrogen (secondary N) is 1. The van der Waals surface area contributed by atoms with E-state index in [0.29, 0.717) is 0 Å². The van der Waals surface area contributed by atoms with Crippen LogP contribution in [0.2, 0.25) is 5.02 Å². The quantitative estimate of drug-likeness (QED) is 0.585. The van der Waals surface area contributed by atoms with Crippen molar-refractivity contribution in [1.29, 1.82) is 0 Å². The van der Waals surface area contributed by atoms with Crippen molar-refractivity contribution in [3.05, 3.63) is 47.5 Å². The van der Waals surface area contributed by atoms with E-state index >= 15 is 0 Å². The zero-order valence-electron chi connectivity index (χ0n) is 14.1. The molecule has 1 N–H and O–H groups in total. The molecule has 0 spiro atoms. The summed E-state index contributed by atoms with van der Waals surface area (Å²) in [5, 5.41) is 0.259. The Balaban J connectivity index is 2.31. The standard InChI is InChI=1S/C16H12ClF6NO4S/c17-10-1-3-14(4-2-10)29(25,26)24-11-5-12(27-8-15(18,19)20)7-13(6-11)28-9-16(21,22)23/h1-7,24H,8-9H2. The first-order valence-electron chi connectivity index (χ1n) is 7.56. The first kappa shape index (κ1) is 22.9. The molecule has 0 bridgehead atoms. The Labute approximate surface area is 166 Å². The maximum atomic E-state index is 12.4. The third-order valence-electron chi connectivity index (χ3n) is 3.06. The average Bonchev–Trinajstić information content (AvgIpc) is 2.57. The molecule has 2 aromatic carbocycles. The molecule has 0 unspecified atom stereocenters. The van der Waals surface area contributed by atoms with Crippen LogP contribution in [0.5, 0.6) is 11.5 Å². The van der Waals surface area contributed by atoms with Crippen LogP contribution in [0.4, 0.5) is 32.0 Å². The molecule has 0 atom stereocenters. The highest BCUT2D eigenvalue weighted by Crippen LogP contribution is 2.30. The lowest BCUT2D eigenvalue weighted by Crippen LogP contribution is -2.20. The molecule has 0 heterocycles. The second kappa shape index (κ2) is 8.57. The number of hydrogen-bond acceptors (Lipinski definition) is 4. The fourth-order valence-electron chi connectivity index (χ4n) is 1.96. The number of alkyl halides is 6. The van der Waals surface area contributed by atoms with Gasteiger partial charge in [-0.3, -0.25) is 4.72 Å². The summed E-state index contributed by atoms with van der Waals surface area (Å²) < 4.78 is 110. The monoisotopic (exact) mass is 463 g/mol. The summed E-state index contributed by atoms with van der Waals surface area (Å²) in [7, 11) is -4.21. The van der Waals surface area contributed by atoms with Gasteiger partial charge in [-0.2, -0.15) is 26.3 Å². The summed E-state index contributed by atoms with van der Waals surface area (Å²) in [6, 6.07) is 7.43. The summed E-state index contributed by atoms with van der Waals surface area (Å²) in [5.74, 6) is -1.09. The zero-order valence-corrected chi connectivity index (χ0v) is 15.7. The summed E-state index contributed by atoms with van der Waals surface area (Å²) in [6.07, 6.45) is -9.43. The van der Waals surface area contributed by atoms with E-state index in [0.717, 1.165) is 30.3 Å². The Kier molecular flexibility index (Phi) is 6.78. The van der Waals surface area contributed by atoms with Crippen LogP contribution in [-0.4, -0.2) is 34.0 Å². The van der Waals surface area contributed by atoms with Crippen LogP contribution in [-0.2, 0) is 10.0 Å². The van der Waals surface area contributed by atoms with Gasteiger partial charge in [0.15, 0.2) is 13.2 Å². The van der Waals surface area contributed by atoms with Crippen LogP contribution in [0.3, 0.4) is 0 Å². The Morgan fingerprint density at radius 1 is 0.828 bits per heavy atom. The first-order chi connectivity index (χ1) is 13.2. The van der Waals surface area contributed by atoms with Crippen molar-refractivity contribution in [2.24, 2.45) is 0 Å². The summed E-state index contributed by atoms with van der Waals surface area (Å²) in [4.78, 5) is -0.235. The molecule has 0 aliphatic rings. The van der Waals surface area contributed by atoms with E-state index in [1.165, 1.54) is 12.1 Å². The number of rotatable bonds is 7. The molecule has 0 saturated carbocycles. The molecular weight excluding hydrogens is 452 g/mol. The molecule has 0 saturated heterocycles. The minimum atomic E-state index is -4.72. The number of anilines is 1. The van der Waals surface area contributed by atoms with Gasteiger partial charge in [-0.05, 0) is 24.3 Å². The van der Waals surface area contributed by atoms with Gasteiger partial charge in [-0.25, -0.2) is 8.42 Å². The lowest BCUT2D eigenvalue weighted by atomic mass is 10.3. The number of hydrogen-bond donors (Lipinski definition) is 1. The first-order valence-corrected chi connectivity index (χ1v) is 9.42. The van der Waals surface area contributed by atoms with Gasteiger partial charge in [-0.15, -0.1) is 0 Å². The largest absolute Gasteiger partial charge is 0.484 e. The Morgan fingerprint density at radius 3 is 1.69 bits per heavy atom. The Morgan fingerprint density at radius 2 is 1.28 bits per heavy atom. The fourth-order valence-corrected chi connectivity index (χ4v) is 3.12. The molecule has 0 radical (unpaired) electrons. The molecule has 5 nitrogen and oxygen atoms in total. The average molecular weight is 464 g/mol. The highest BCUT2D eigenvalue weighted by molar-refractivity contribution is 7.92. The molecule has 160 valence electrons. The van der Waals surface area contributed by atoms with Gasteiger partial charge in [0.25, 0.3) is 10.0 Å². The van der Waals surface area contributed by atoms with Crippen molar-refractivity contribution in [3.63, 3.8) is 0 Å². The summed E-state index contributed by atoms with van der Waals surface area (Å²) in [5.41, 5.74) is -0.364. The van der Waals surface area contributed by atoms with Crippen molar-refractivity contribution in [2.75, 3.05) is 17.9 Å².